The van der Waals surface area contributed by atoms with Crippen molar-refractivity contribution in [2.45, 2.75) is 63.7 Å². The highest BCUT2D eigenvalue weighted by molar-refractivity contribution is 6.09. The number of benzene rings is 8. The zero-order valence-corrected chi connectivity index (χ0v) is 39.6. The van der Waals surface area contributed by atoms with Gasteiger partial charge in [-0.3, -0.25) is 4.57 Å². The summed E-state index contributed by atoms with van der Waals surface area (Å²) in [6.45, 7) is 12.0. The monoisotopic (exact) mass is 892 g/mol. The van der Waals surface area contributed by atoms with Crippen molar-refractivity contribution in [3.63, 3.8) is 0 Å². The minimum Gasteiger partial charge on any atom is -0.457 e. The van der Waals surface area contributed by atoms with Crippen LogP contribution in [0, 0.1) is 13.8 Å². The van der Waals surface area contributed by atoms with Crippen LogP contribution in [0.25, 0.3) is 27.6 Å². The van der Waals surface area contributed by atoms with E-state index in [0.29, 0.717) is 6.67 Å². The lowest BCUT2D eigenvalue weighted by Gasteiger charge is -2.51. The van der Waals surface area contributed by atoms with Crippen molar-refractivity contribution < 1.29 is 4.74 Å². The molecule has 1 aliphatic heterocycles. The van der Waals surface area contributed by atoms with Crippen LogP contribution >= 0.6 is 0 Å². The highest BCUT2D eigenvalue weighted by atomic mass is 16.5. The first-order valence-corrected chi connectivity index (χ1v) is 24.5. The van der Waals surface area contributed by atoms with Crippen molar-refractivity contribution >= 4 is 44.6 Å². The molecule has 2 aromatic heterocycles. The molecule has 7 aliphatic rings. The zero-order chi connectivity index (χ0) is 46.3. The van der Waals surface area contributed by atoms with E-state index >= 15 is 0 Å². The molecule has 5 nitrogen and oxygen atoms in total. The third-order valence-electron chi connectivity index (χ3n) is 15.8. The van der Waals surface area contributed by atoms with Crippen LogP contribution in [0.3, 0.4) is 0 Å². The molecule has 0 spiro atoms. The fraction of sp³-hybridized carbons (Fsp3) is 0.172. The molecule has 4 bridgehead atoms. The number of para-hydroxylation sites is 3. The topological polar surface area (TPSA) is 33.5 Å². The van der Waals surface area contributed by atoms with Crippen LogP contribution in [0.15, 0.2) is 188 Å². The molecule has 0 amide bonds. The molecule has 3 heterocycles. The number of rotatable bonds is 5. The first-order chi connectivity index (χ1) is 33.7. The van der Waals surface area contributed by atoms with Crippen LogP contribution in [-0.2, 0) is 5.41 Å². The second-order valence-electron chi connectivity index (χ2n) is 20.9. The second kappa shape index (κ2) is 14.8. The van der Waals surface area contributed by atoms with Crippen molar-refractivity contribution in [2.75, 3.05) is 16.5 Å². The van der Waals surface area contributed by atoms with Crippen molar-refractivity contribution in [2.24, 2.45) is 0 Å². The number of ether oxygens (including phenoxy) is 1. The fourth-order valence-corrected chi connectivity index (χ4v) is 12.9. The van der Waals surface area contributed by atoms with E-state index in [0.717, 1.165) is 34.0 Å². The Hall–Kier alpha value is -7.89. The summed E-state index contributed by atoms with van der Waals surface area (Å²) in [5, 5.41) is 2.36. The summed E-state index contributed by atoms with van der Waals surface area (Å²) in [5.74, 6) is 3.19. The summed E-state index contributed by atoms with van der Waals surface area (Å²) < 4.78 is 9.13. The lowest BCUT2D eigenvalue weighted by molar-refractivity contribution is 0.483. The van der Waals surface area contributed by atoms with Gasteiger partial charge in [-0.15, -0.1) is 0 Å². The molecule has 10 aromatic rings. The molecule has 2 atom stereocenters. The Kier molecular flexibility index (Phi) is 8.63. The largest absolute Gasteiger partial charge is 0.457 e. The summed E-state index contributed by atoms with van der Waals surface area (Å²) in [6, 6.07) is 68.0. The van der Waals surface area contributed by atoms with Gasteiger partial charge in [0.15, 0.2) is 0 Å². The van der Waals surface area contributed by atoms with Crippen LogP contribution in [0.5, 0.6) is 11.5 Å². The normalized spacial score (nSPS) is 18.4. The predicted octanol–water partition coefficient (Wildman–Crippen LogP) is 16.0. The SMILES string of the molecule is Cc1ccc2c(c1)C1c3c(cc(C)cc3N3CN(c4cccc(Oc5ccc6c7ccccc7n(-c7cc(C(C)(C)C)ccn7)c6c5)c4)c4ccccc43)C2C2c3ccccc3C1c1ccccc12. The molecule has 8 aromatic carbocycles. The van der Waals surface area contributed by atoms with Gasteiger partial charge in [-0.1, -0.05) is 136 Å². The Morgan fingerprint density at radius 2 is 1.09 bits per heavy atom. The summed E-state index contributed by atoms with van der Waals surface area (Å²) in [6.07, 6.45) is 1.93. The summed E-state index contributed by atoms with van der Waals surface area (Å²) in [5.41, 5.74) is 22.7. The summed E-state index contributed by atoms with van der Waals surface area (Å²) in [4.78, 5) is 9.97. The van der Waals surface area contributed by atoms with Crippen LogP contribution in [-0.4, -0.2) is 16.2 Å². The van der Waals surface area contributed by atoms with Gasteiger partial charge < -0.3 is 14.5 Å². The van der Waals surface area contributed by atoms with Gasteiger partial charge in [-0.05, 0) is 136 Å². The molecule has 334 valence electrons. The smallest absolute Gasteiger partial charge is 0.137 e. The molecule has 0 fully saturated rings. The van der Waals surface area contributed by atoms with E-state index in [2.05, 4.69) is 231 Å². The van der Waals surface area contributed by atoms with Gasteiger partial charge in [0.25, 0.3) is 0 Å². The number of hydrogen-bond donors (Lipinski definition) is 0. The van der Waals surface area contributed by atoms with Crippen LogP contribution in [0.1, 0.15) is 106 Å². The maximum absolute atomic E-state index is 6.85. The van der Waals surface area contributed by atoms with Gasteiger partial charge in [0.1, 0.15) is 24.0 Å². The number of pyridine rings is 1. The lowest BCUT2D eigenvalue weighted by Crippen LogP contribution is -2.37. The number of aromatic nitrogens is 2. The van der Waals surface area contributed by atoms with Crippen molar-refractivity contribution in [3.05, 3.63) is 249 Å². The maximum atomic E-state index is 6.85. The van der Waals surface area contributed by atoms with Crippen LogP contribution < -0.4 is 14.5 Å². The summed E-state index contributed by atoms with van der Waals surface area (Å²) in [7, 11) is 0. The first-order valence-electron chi connectivity index (χ1n) is 24.5. The Labute approximate surface area is 403 Å². The Bertz CT molecular complexity index is 3710. The average Bonchev–Trinajstić information content (AvgIpc) is 3.90. The van der Waals surface area contributed by atoms with E-state index in [9.17, 15) is 0 Å². The number of anilines is 4. The minimum absolute atomic E-state index is 0.00844. The van der Waals surface area contributed by atoms with Gasteiger partial charge >= 0.3 is 0 Å². The molecule has 69 heavy (non-hydrogen) atoms. The predicted molar refractivity (Wildman–Crippen MR) is 282 cm³/mol. The molecule has 0 radical (unpaired) electrons. The molecule has 0 N–H and O–H groups in total. The fourth-order valence-electron chi connectivity index (χ4n) is 12.9. The quantitative estimate of drug-likeness (QED) is 0.172. The lowest BCUT2D eigenvalue weighted by atomic mass is 9.52. The standard InChI is InChI=1S/C64H52N4O/c1-38-25-27-50-51(31-38)63-60-48-20-8-6-18-46(48)59(47-19-7-9-21-49(47)60)61(50)52-32-39(2)33-57(62(52)63)67-37-66(54-23-12-13-24-55(54)67)41-15-14-16-42(35-41)69-43-26-28-45-44-17-10-11-22-53(44)68(56(45)36-43)58-34-40(29-30-65-58)64(3,4)5/h6-36,59-61,63H,37H2,1-5H3. The average molecular weight is 893 g/mol. The molecule has 2 unspecified atom stereocenters. The van der Waals surface area contributed by atoms with E-state index in [1.807, 2.05) is 6.20 Å². The van der Waals surface area contributed by atoms with E-state index in [-0.39, 0.29) is 29.1 Å². The van der Waals surface area contributed by atoms with E-state index in [4.69, 9.17) is 9.72 Å². The highest BCUT2D eigenvalue weighted by Gasteiger charge is 2.51. The molecular weight excluding hydrogens is 841 g/mol. The third-order valence-corrected chi connectivity index (χ3v) is 15.8. The molecule has 17 rings (SSSR count). The van der Waals surface area contributed by atoms with Crippen molar-refractivity contribution in [1.29, 1.82) is 0 Å². The van der Waals surface area contributed by atoms with Crippen molar-refractivity contribution in [3.8, 4) is 17.3 Å². The molecule has 6 aliphatic carbocycles. The highest BCUT2D eigenvalue weighted by Crippen LogP contribution is 2.66. The van der Waals surface area contributed by atoms with Gasteiger partial charge in [-0.2, -0.15) is 0 Å². The van der Waals surface area contributed by atoms with E-state index in [1.54, 1.807) is 0 Å². The zero-order valence-electron chi connectivity index (χ0n) is 39.6. The van der Waals surface area contributed by atoms with Gasteiger partial charge in [-0.25, -0.2) is 4.98 Å². The summed E-state index contributed by atoms with van der Waals surface area (Å²) >= 11 is 0. The van der Waals surface area contributed by atoms with E-state index in [1.165, 1.54) is 89.0 Å². The maximum Gasteiger partial charge on any atom is 0.137 e. The number of hydrogen-bond acceptors (Lipinski definition) is 4. The number of aryl methyl sites for hydroxylation is 2. The van der Waals surface area contributed by atoms with Gasteiger partial charge in [0.2, 0.25) is 0 Å². The van der Waals surface area contributed by atoms with E-state index < -0.39 is 0 Å². The van der Waals surface area contributed by atoms with Crippen molar-refractivity contribution in [1.82, 2.24) is 9.55 Å². The van der Waals surface area contributed by atoms with Crippen LogP contribution in [0.4, 0.5) is 22.7 Å². The minimum atomic E-state index is -0.00844. The first kappa shape index (κ1) is 40.2. The number of nitrogens with zero attached hydrogens (tertiary/aromatic N) is 4. The molecular formula is C64H52N4O. The molecule has 0 saturated carbocycles. The Morgan fingerprint density at radius 3 is 1.84 bits per heavy atom. The van der Waals surface area contributed by atoms with Gasteiger partial charge in [0.05, 0.1) is 22.4 Å². The Morgan fingerprint density at radius 1 is 0.464 bits per heavy atom. The third kappa shape index (κ3) is 5.99. The number of fused-ring (bicyclic) bond motifs is 4. The second-order valence-corrected chi connectivity index (χ2v) is 20.9. The molecule has 5 heteroatoms. The molecule has 0 saturated heterocycles. The van der Waals surface area contributed by atoms with Crippen LogP contribution in [0.2, 0.25) is 0 Å². The van der Waals surface area contributed by atoms with Gasteiger partial charge in [0, 0.05) is 64.1 Å². The Balaban J connectivity index is 0.869.